The second-order valence-electron chi connectivity index (χ2n) is 7.22. The van der Waals surface area contributed by atoms with E-state index in [-0.39, 0.29) is 11.7 Å². The van der Waals surface area contributed by atoms with Crippen molar-refractivity contribution in [2.24, 2.45) is 0 Å². The van der Waals surface area contributed by atoms with E-state index in [2.05, 4.69) is 5.32 Å². The van der Waals surface area contributed by atoms with Gasteiger partial charge >= 0.3 is 0 Å². The van der Waals surface area contributed by atoms with Crippen LogP contribution >= 0.6 is 11.8 Å². The van der Waals surface area contributed by atoms with Crippen LogP contribution in [0, 0.1) is 0 Å². The molecule has 1 heterocycles. The molecule has 3 rings (SSSR count). The Balaban J connectivity index is 1.37. The molecule has 8 heteroatoms. The van der Waals surface area contributed by atoms with E-state index in [0.29, 0.717) is 38.2 Å². The van der Waals surface area contributed by atoms with Crippen molar-refractivity contribution in [1.29, 1.82) is 0 Å². The van der Waals surface area contributed by atoms with Gasteiger partial charge in [-0.1, -0.05) is 36.4 Å². The van der Waals surface area contributed by atoms with Gasteiger partial charge in [0.05, 0.1) is 18.6 Å². The molecule has 162 valence electrons. The number of nitrogens with one attached hydrogen (secondary N) is 1. The van der Waals surface area contributed by atoms with E-state index in [9.17, 15) is 13.2 Å². The Kier molecular flexibility index (Phi) is 8.18. The lowest BCUT2D eigenvalue weighted by molar-refractivity contribution is -0.118. The average Bonchev–Trinajstić information content (AvgIpc) is 2.76. The van der Waals surface area contributed by atoms with Crippen LogP contribution in [-0.2, 0) is 33.5 Å². The second kappa shape index (κ2) is 10.8. The molecule has 0 spiro atoms. The summed E-state index contributed by atoms with van der Waals surface area (Å²) in [6.07, 6.45) is 1.09. The SMILES string of the molecule is COc1ccc2c(c1)CCN(S(=O)(=O)CCCNC(=O)CSCc1ccccc1)C2. The monoisotopic (exact) mass is 448 g/mol. The number of hydrogen-bond acceptors (Lipinski definition) is 5. The summed E-state index contributed by atoms with van der Waals surface area (Å²) < 4.78 is 32.1. The first-order valence-corrected chi connectivity index (χ1v) is 12.8. The van der Waals surface area contributed by atoms with Gasteiger partial charge in [-0.3, -0.25) is 4.79 Å². The molecule has 0 atom stereocenters. The molecule has 0 aromatic heterocycles. The number of ether oxygens (including phenoxy) is 1. The first-order valence-electron chi connectivity index (χ1n) is 10.00. The zero-order chi connectivity index (χ0) is 21.4. The quantitative estimate of drug-likeness (QED) is 0.566. The number of amides is 1. The molecule has 0 unspecified atom stereocenters. The topological polar surface area (TPSA) is 75.7 Å². The minimum absolute atomic E-state index is 0.0376. The molecule has 0 saturated carbocycles. The Morgan fingerprint density at radius 2 is 1.97 bits per heavy atom. The lowest BCUT2D eigenvalue weighted by Crippen LogP contribution is -2.38. The van der Waals surface area contributed by atoms with Crippen LogP contribution in [-0.4, -0.2) is 50.3 Å². The van der Waals surface area contributed by atoms with Crippen LogP contribution in [0.5, 0.6) is 5.75 Å². The molecule has 0 bridgehead atoms. The highest BCUT2D eigenvalue weighted by molar-refractivity contribution is 7.99. The number of thioether (sulfide) groups is 1. The van der Waals surface area contributed by atoms with Gasteiger partial charge in [0, 0.05) is 25.4 Å². The van der Waals surface area contributed by atoms with E-state index in [1.165, 1.54) is 5.56 Å². The van der Waals surface area contributed by atoms with Crippen LogP contribution in [0.25, 0.3) is 0 Å². The van der Waals surface area contributed by atoms with Crippen LogP contribution in [0.15, 0.2) is 48.5 Å². The number of carbonyl (C=O) groups is 1. The summed E-state index contributed by atoms with van der Waals surface area (Å²) in [5.41, 5.74) is 3.35. The minimum atomic E-state index is -3.35. The highest BCUT2D eigenvalue weighted by Crippen LogP contribution is 2.25. The third kappa shape index (κ3) is 6.48. The van der Waals surface area contributed by atoms with Crippen LogP contribution in [0.1, 0.15) is 23.1 Å². The van der Waals surface area contributed by atoms with Gasteiger partial charge in [-0.05, 0) is 41.7 Å². The largest absolute Gasteiger partial charge is 0.497 e. The molecule has 1 N–H and O–H groups in total. The molecule has 0 fully saturated rings. The predicted molar refractivity (Wildman–Crippen MR) is 121 cm³/mol. The fourth-order valence-electron chi connectivity index (χ4n) is 3.37. The van der Waals surface area contributed by atoms with Crippen LogP contribution in [0.2, 0.25) is 0 Å². The van der Waals surface area contributed by atoms with Crippen molar-refractivity contribution >= 4 is 27.7 Å². The number of benzene rings is 2. The van der Waals surface area contributed by atoms with E-state index >= 15 is 0 Å². The van der Waals surface area contributed by atoms with Crippen molar-refractivity contribution in [2.75, 3.05) is 31.7 Å². The maximum Gasteiger partial charge on any atom is 0.230 e. The molecule has 0 radical (unpaired) electrons. The summed E-state index contributed by atoms with van der Waals surface area (Å²) in [7, 11) is -1.72. The van der Waals surface area contributed by atoms with E-state index in [4.69, 9.17) is 4.74 Å². The van der Waals surface area contributed by atoms with Gasteiger partial charge in [0.2, 0.25) is 15.9 Å². The number of hydrogen-bond donors (Lipinski definition) is 1. The van der Waals surface area contributed by atoms with Crippen molar-refractivity contribution in [3.05, 3.63) is 65.2 Å². The molecule has 1 aliphatic heterocycles. The zero-order valence-electron chi connectivity index (χ0n) is 17.2. The number of carbonyl (C=O) groups excluding carboxylic acids is 1. The van der Waals surface area contributed by atoms with Gasteiger partial charge in [-0.15, -0.1) is 11.8 Å². The van der Waals surface area contributed by atoms with Crippen molar-refractivity contribution in [1.82, 2.24) is 9.62 Å². The predicted octanol–water partition coefficient (Wildman–Crippen LogP) is 2.82. The van der Waals surface area contributed by atoms with Gasteiger partial charge in [-0.25, -0.2) is 8.42 Å². The zero-order valence-corrected chi connectivity index (χ0v) is 18.8. The maximum atomic E-state index is 12.7. The van der Waals surface area contributed by atoms with Gasteiger partial charge in [0.15, 0.2) is 0 Å². The normalized spacial score (nSPS) is 14.2. The first-order chi connectivity index (χ1) is 14.5. The van der Waals surface area contributed by atoms with Crippen molar-refractivity contribution in [3.8, 4) is 5.75 Å². The molecular formula is C22H28N2O4S2. The van der Waals surface area contributed by atoms with Crippen LogP contribution in [0.3, 0.4) is 0 Å². The number of fused-ring (bicyclic) bond motifs is 1. The molecule has 2 aromatic carbocycles. The number of nitrogens with zero attached hydrogens (tertiary/aromatic N) is 1. The second-order valence-corrected chi connectivity index (χ2v) is 10.3. The highest BCUT2D eigenvalue weighted by Gasteiger charge is 2.26. The molecule has 1 aliphatic rings. The Morgan fingerprint density at radius 3 is 2.73 bits per heavy atom. The summed E-state index contributed by atoms with van der Waals surface area (Å²) in [4.78, 5) is 11.9. The van der Waals surface area contributed by atoms with Crippen LogP contribution < -0.4 is 10.1 Å². The summed E-state index contributed by atoms with van der Waals surface area (Å²) in [6.45, 7) is 1.24. The summed E-state index contributed by atoms with van der Waals surface area (Å²) in [5.74, 6) is 1.92. The number of rotatable bonds is 10. The molecule has 0 aliphatic carbocycles. The minimum Gasteiger partial charge on any atom is -0.497 e. The molecule has 6 nitrogen and oxygen atoms in total. The van der Waals surface area contributed by atoms with Gasteiger partial charge in [0.1, 0.15) is 5.75 Å². The Hall–Kier alpha value is -2.03. The third-order valence-corrected chi connectivity index (χ3v) is 7.94. The summed E-state index contributed by atoms with van der Waals surface area (Å²) >= 11 is 1.55. The van der Waals surface area contributed by atoms with Crippen molar-refractivity contribution in [3.63, 3.8) is 0 Å². The summed E-state index contributed by atoms with van der Waals surface area (Å²) in [6, 6.07) is 15.8. The average molecular weight is 449 g/mol. The smallest absolute Gasteiger partial charge is 0.230 e. The van der Waals surface area contributed by atoms with Gasteiger partial charge in [0.25, 0.3) is 0 Å². The van der Waals surface area contributed by atoms with E-state index < -0.39 is 10.0 Å². The van der Waals surface area contributed by atoms with Gasteiger partial charge < -0.3 is 10.1 Å². The van der Waals surface area contributed by atoms with E-state index in [1.807, 2.05) is 48.5 Å². The molecule has 0 saturated heterocycles. The van der Waals surface area contributed by atoms with Crippen molar-refractivity contribution < 1.29 is 17.9 Å². The third-order valence-electron chi connectivity index (χ3n) is 5.03. The Bertz CT molecular complexity index is 949. The number of methoxy groups -OCH3 is 1. The molecular weight excluding hydrogens is 420 g/mol. The van der Waals surface area contributed by atoms with Gasteiger partial charge in [-0.2, -0.15) is 4.31 Å². The molecule has 2 aromatic rings. The fourth-order valence-corrected chi connectivity index (χ4v) is 5.66. The van der Waals surface area contributed by atoms with Crippen molar-refractivity contribution in [2.45, 2.75) is 25.1 Å². The van der Waals surface area contributed by atoms with E-state index in [0.717, 1.165) is 22.6 Å². The number of sulfonamides is 1. The maximum absolute atomic E-state index is 12.7. The highest BCUT2D eigenvalue weighted by atomic mass is 32.2. The first kappa shape index (κ1) is 22.7. The summed E-state index contributed by atoms with van der Waals surface area (Å²) in [5, 5.41) is 2.82. The molecule has 1 amide bonds. The Labute approximate surface area is 183 Å². The van der Waals surface area contributed by atoms with Crippen LogP contribution in [0.4, 0.5) is 0 Å². The molecule has 30 heavy (non-hydrogen) atoms. The Morgan fingerprint density at radius 1 is 1.17 bits per heavy atom. The lowest BCUT2D eigenvalue weighted by atomic mass is 10.0. The van der Waals surface area contributed by atoms with E-state index in [1.54, 1.807) is 23.2 Å². The fraction of sp³-hybridized carbons (Fsp3) is 0.409. The standard InChI is InChI=1S/C22H28N2O4S2/c1-28-21-9-8-20-15-24(12-10-19(20)14-21)30(26,27)13-5-11-23-22(25)17-29-16-18-6-3-2-4-7-18/h2-4,6-9,14H,5,10-13,15-17H2,1H3,(H,23,25). The lowest BCUT2D eigenvalue weighted by Gasteiger charge is -2.28.